The minimum atomic E-state index is -0.415. The topological polar surface area (TPSA) is 50.4 Å². The molecule has 1 heterocycles. The van der Waals surface area contributed by atoms with E-state index in [1.807, 2.05) is 18.2 Å². The first kappa shape index (κ1) is 10.4. The second kappa shape index (κ2) is 3.65. The molecule has 0 unspecified atom stereocenters. The number of amides is 1. The highest BCUT2D eigenvalue weighted by atomic mass is 16.5. The molecule has 1 spiro atoms. The summed E-state index contributed by atoms with van der Waals surface area (Å²) in [5.74, 6) is 0.879. The Morgan fingerprint density at radius 3 is 2.76 bits per heavy atom. The van der Waals surface area contributed by atoms with Crippen LogP contribution >= 0.6 is 0 Å². The molecule has 2 aliphatic rings. The van der Waals surface area contributed by atoms with Gasteiger partial charge in [0.2, 0.25) is 5.91 Å². The van der Waals surface area contributed by atoms with E-state index in [1.54, 1.807) is 7.11 Å². The number of rotatable bonds is 1. The van der Waals surface area contributed by atoms with Crippen molar-refractivity contribution < 1.29 is 9.53 Å². The number of anilines is 2. The molecule has 3 rings (SSSR count). The van der Waals surface area contributed by atoms with Gasteiger partial charge >= 0.3 is 0 Å². The van der Waals surface area contributed by atoms with E-state index < -0.39 is 5.54 Å². The van der Waals surface area contributed by atoms with Crippen LogP contribution in [0.5, 0.6) is 5.75 Å². The summed E-state index contributed by atoms with van der Waals surface area (Å²) in [6.07, 6.45) is 4.00. The van der Waals surface area contributed by atoms with Gasteiger partial charge in [0.1, 0.15) is 17.0 Å². The van der Waals surface area contributed by atoms with E-state index in [0.29, 0.717) is 0 Å². The Balaban J connectivity index is 2.05. The van der Waals surface area contributed by atoms with Gasteiger partial charge in [-0.15, -0.1) is 0 Å². The lowest BCUT2D eigenvalue weighted by Gasteiger charge is -2.36. The molecular formula is C13H16N2O2. The Bertz CT molecular complexity index is 464. The minimum absolute atomic E-state index is 0.0933. The van der Waals surface area contributed by atoms with Crippen LogP contribution in [0, 0.1) is 0 Å². The lowest BCUT2D eigenvalue weighted by atomic mass is 9.93. The molecule has 4 nitrogen and oxygen atoms in total. The molecular weight excluding hydrogens is 216 g/mol. The molecule has 0 radical (unpaired) electrons. The zero-order valence-corrected chi connectivity index (χ0v) is 9.88. The Morgan fingerprint density at radius 2 is 2.06 bits per heavy atom. The molecule has 90 valence electrons. The van der Waals surface area contributed by atoms with Crippen molar-refractivity contribution in [2.24, 2.45) is 0 Å². The number of hydrogen-bond acceptors (Lipinski definition) is 3. The maximum Gasteiger partial charge on any atom is 0.250 e. The van der Waals surface area contributed by atoms with E-state index in [-0.39, 0.29) is 5.91 Å². The molecule has 1 saturated carbocycles. The Labute approximate surface area is 100 Å². The fourth-order valence-electron chi connectivity index (χ4n) is 2.80. The third kappa shape index (κ3) is 1.47. The molecule has 1 amide bonds. The highest BCUT2D eigenvalue weighted by Crippen LogP contribution is 2.43. The summed E-state index contributed by atoms with van der Waals surface area (Å²) in [6.45, 7) is 0. The molecule has 17 heavy (non-hydrogen) atoms. The van der Waals surface area contributed by atoms with Crippen LogP contribution in [0.4, 0.5) is 11.4 Å². The fraction of sp³-hybridized carbons (Fsp3) is 0.462. The Kier molecular flexibility index (Phi) is 2.24. The summed E-state index contributed by atoms with van der Waals surface area (Å²) < 4.78 is 5.34. The van der Waals surface area contributed by atoms with Crippen molar-refractivity contribution in [1.82, 2.24) is 0 Å². The number of hydrogen-bond donors (Lipinski definition) is 2. The molecule has 1 aliphatic carbocycles. The van der Waals surface area contributed by atoms with Crippen LogP contribution in [0.25, 0.3) is 0 Å². The van der Waals surface area contributed by atoms with E-state index in [4.69, 9.17) is 4.74 Å². The number of carbonyl (C=O) groups excluding carboxylic acids is 1. The fourth-order valence-corrected chi connectivity index (χ4v) is 2.80. The molecule has 0 atom stereocenters. The lowest BCUT2D eigenvalue weighted by molar-refractivity contribution is -0.120. The molecule has 2 N–H and O–H groups in total. The SMILES string of the molecule is COc1cccc2c1NC1(CCCC1)C(=O)N2. The number of ether oxygens (including phenoxy) is 1. The van der Waals surface area contributed by atoms with Crippen molar-refractivity contribution in [2.45, 2.75) is 31.2 Å². The van der Waals surface area contributed by atoms with Crippen molar-refractivity contribution in [1.29, 1.82) is 0 Å². The highest BCUT2D eigenvalue weighted by molar-refractivity contribution is 6.07. The van der Waals surface area contributed by atoms with E-state index in [0.717, 1.165) is 42.8 Å². The molecule has 0 bridgehead atoms. The zero-order chi connectivity index (χ0) is 11.9. The van der Waals surface area contributed by atoms with Crippen LogP contribution in [0.3, 0.4) is 0 Å². The number of nitrogens with one attached hydrogen (secondary N) is 2. The van der Waals surface area contributed by atoms with Crippen molar-refractivity contribution >= 4 is 17.3 Å². The maximum absolute atomic E-state index is 12.2. The predicted octanol–water partition coefficient (Wildman–Crippen LogP) is 2.37. The van der Waals surface area contributed by atoms with Gasteiger partial charge in [-0.2, -0.15) is 0 Å². The highest BCUT2D eigenvalue weighted by Gasteiger charge is 2.44. The lowest BCUT2D eigenvalue weighted by Crippen LogP contribution is -2.50. The third-order valence-corrected chi connectivity index (χ3v) is 3.75. The third-order valence-electron chi connectivity index (χ3n) is 3.75. The Morgan fingerprint density at radius 1 is 1.29 bits per heavy atom. The first-order valence-corrected chi connectivity index (χ1v) is 6.02. The van der Waals surface area contributed by atoms with Crippen molar-refractivity contribution in [3.8, 4) is 5.75 Å². The summed E-state index contributed by atoms with van der Waals surface area (Å²) >= 11 is 0. The molecule has 0 saturated heterocycles. The monoisotopic (exact) mass is 232 g/mol. The van der Waals surface area contributed by atoms with Gasteiger partial charge in [0.25, 0.3) is 0 Å². The standard InChI is InChI=1S/C13H16N2O2/c1-17-10-6-4-5-9-11(10)15-13(12(16)14-9)7-2-3-8-13/h4-6,15H,2-3,7-8H2,1H3,(H,14,16). The smallest absolute Gasteiger partial charge is 0.250 e. The summed E-state index contributed by atoms with van der Waals surface area (Å²) in [5, 5.41) is 6.39. The average Bonchev–Trinajstić information content (AvgIpc) is 2.80. The number of fused-ring (bicyclic) bond motifs is 1. The van der Waals surface area contributed by atoms with E-state index in [2.05, 4.69) is 10.6 Å². The van der Waals surface area contributed by atoms with Crippen LogP contribution in [-0.2, 0) is 4.79 Å². The first-order chi connectivity index (χ1) is 8.25. The van der Waals surface area contributed by atoms with Gasteiger partial charge in [-0.25, -0.2) is 0 Å². The largest absolute Gasteiger partial charge is 0.495 e. The average molecular weight is 232 g/mol. The van der Waals surface area contributed by atoms with E-state index >= 15 is 0 Å². The van der Waals surface area contributed by atoms with Crippen LogP contribution in [-0.4, -0.2) is 18.6 Å². The van der Waals surface area contributed by atoms with Gasteiger partial charge in [-0.1, -0.05) is 18.9 Å². The normalized spacial score (nSPS) is 20.6. The summed E-state index contributed by atoms with van der Waals surface area (Å²) in [6, 6.07) is 5.68. The van der Waals surface area contributed by atoms with Gasteiger partial charge in [0.05, 0.1) is 12.8 Å². The summed E-state index contributed by atoms with van der Waals surface area (Å²) in [7, 11) is 1.65. The van der Waals surface area contributed by atoms with E-state index in [1.165, 1.54) is 0 Å². The molecule has 1 aromatic carbocycles. The zero-order valence-electron chi connectivity index (χ0n) is 9.88. The minimum Gasteiger partial charge on any atom is -0.495 e. The van der Waals surface area contributed by atoms with Gasteiger partial charge in [0.15, 0.2) is 0 Å². The van der Waals surface area contributed by atoms with Crippen molar-refractivity contribution in [3.05, 3.63) is 18.2 Å². The number of carbonyl (C=O) groups is 1. The van der Waals surface area contributed by atoms with Gasteiger partial charge in [-0.05, 0) is 25.0 Å². The number of benzene rings is 1. The molecule has 1 aromatic rings. The van der Waals surface area contributed by atoms with Gasteiger partial charge in [-0.3, -0.25) is 4.79 Å². The van der Waals surface area contributed by atoms with Gasteiger partial charge < -0.3 is 15.4 Å². The predicted molar refractivity (Wildman–Crippen MR) is 66.4 cm³/mol. The van der Waals surface area contributed by atoms with Crippen LogP contribution in [0.1, 0.15) is 25.7 Å². The van der Waals surface area contributed by atoms with Crippen LogP contribution < -0.4 is 15.4 Å². The van der Waals surface area contributed by atoms with Gasteiger partial charge in [0, 0.05) is 0 Å². The van der Waals surface area contributed by atoms with Crippen molar-refractivity contribution in [2.75, 3.05) is 17.7 Å². The first-order valence-electron chi connectivity index (χ1n) is 6.02. The number of methoxy groups -OCH3 is 1. The molecule has 1 fully saturated rings. The molecule has 1 aliphatic heterocycles. The molecule has 0 aromatic heterocycles. The Hall–Kier alpha value is -1.71. The molecule has 4 heteroatoms. The summed E-state index contributed by atoms with van der Waals surface area (Å²) in [5.41, 5.74) is 1.31. The quantitative estimate of drug-likeness (QED) is 0.781. The van der Waals surface area contributed by atoms with E-state index in [9.17, 15) is 4.79 Å². The second-order valence-corrected chi connectivity index (χ2v) is 4.75. The summed E-state index contributed by atoms with van der Waals surface area (Å²) in [4.78, 5) is 12.2. The maximum atomic E-state index is 12.2. The number of para-hydroxylation sites is 1. The van der Waals surface area contributed by atoms with Crippen molar-refractivity contribution in [3.63, 3.8) is 0 Å². The second-order valence-electron chi connectivity index (χ2n) is 4.75. The van der Waals surface area contributed by atoms with Crippen LogP contribution in [0.15, 0.2) is 18.2 Å². The van der Waals surface area contributed by atoms with Crippen LogP contribution in [0.2, 0.25) is 0 Å².